The maximum atomic E-state index is 12.6. The van der Waals surface area contributed by atoms with Crippen molar-refractivity contribution in [2.24, 2.45) is 0 Å². The molecule has 7 heteroatoms. The number of likely N-dealkylation sites (tertiary alicyclic amines) is 1. The number of carbonyl (C=O) groups excluding carboxylic acids is 1. The van der Waals surface area contributed by atoms with Crippen molar-refractivity contribution in [1.29, 1.82) is 0 Å². The Labute approximate surface area is 176 Å². The molecule has 2 fully saturated rings. The summed E-state index contributed by atoms with van der Waals surface area (Å²) in [5.41, 5.74) is 1.55. The topological polar surface area (TPSA) is 67.3 Å². The van der Waals surface area contributed by atoms with Crippen LogP contribution < -0.4 is 10.1 Å². The number of anilines is 1. The van der Waals surface area contributed by atoms with Crippen LogP contribution in [0.5, 0.6) is 5.88 Å². The van der Waals surface area contributed by atoms with Gasteiger partial charge >= 0.3 is 0 Å². The number of halogens is 1. The third kappa shape index (κ3) is 5.18. The molecule has 1 amide bonds. The highest BCUT2D eigenvalue weighted by Crippen LogP contribution is 2.24. The van der Waals surface area contributed by atoms with Crippen LogP contribution in [-0.2, 0) is 6.54 Å². The first-order chi connectivity index (χ1) is 14.2. The number of piperidine rings is 1. The van der Waals surface area contributed by atoms with Crippen molar-refractivity contribution in [3.05, 3.63) is 46.7 Å². The van der Waals surface area contributed by atoms with Gasteiger partial charge in [-0.3, -0.25) is 4.79 Å². The lowest BCUT2D eigenvalue weighted by Crippen LogP contribution is -2.35. The van der Waals surface area contributed by atoms with Crippen molar-refractivity contribution in [3.63, 3.8) is 0 Å². The van der Waals surface area contributed by atoms with Gasteiger partial charge in [-0.05, 0) is 56.6 Å². The number of hydrogen-bond acceptors (Lipinski definition) is 5. The van der Waals surface area contributed by atoms with Gasteiger partial charge in [-0.1, -0.05) is 17.7 Å². The van der Waals surface area contributed by atoms with Gasteiger partial charge in [0.25, 0.3) is 5.91 Å². The van der Waals surface area contributed by atoms with Crippen LogP contribution in [0.25, 0.3) is 0 Å². The van der Waals surface area contributed by atoms with E-state index in [0.717, 1.165) is 44.3 Å². The Morgan fingerprint density at radius 1 is 1.10 bits per heavy atom. The average molecular weight is 415 g/mol. The summed E-state index contributed by atoms with van der Waals surface area (Å²) in [5, 5.41) is 3.67. The van der Waals surface area contributed by atoms with E-state index in [9.17, 15) is 4.79 Å². The molecule has 0 aromatic carbocycles. The first-order valence-electron chi connectivity index (χ1n) is 10.5. The Hall–Kier alpha value is -2.34. The molecule has 6 nitrogen and oxygen atoms in total. The predicted octanol–water partition coefficient (Wildman–Crippen LogP) is 4.69. The number of nitrogens with one attached hydrogen (secondary N) is 1. The van der Waals surface area contributed by atoms with Crippen LogP contribution in [0, 0.1) is 0 Å². The van der Waals surface area contributed by atoms with Gasteiger partial charge in [-0.15, -0.1) is 0 Å². The molecule has 0 bridgehead atoms. The molecule has 1 N–H and O–H groups in total. The van der Waals surface area contributed by atoms with Crippen molar-refractivity contribution in [3.8, 4) is 5.88 Å². The predicted molar refractivity (Wildman–Crippen MR) is 113 cm³/mol. The number of nitrogens with zero attached hydrogens (tertiary/aromatic N) is 3. The highest BCUT2D eigenvalue weighted by atomic mass is 35.5. The molecule has 0 spiro atoms. The van der Waals surface area contributed by atoms with Crippen molar-refractivity contribution >= 4 is 23.3 Å². The zero-order valence-corrected chi connectivity index (χ0v) is 17.3. The third-order valence-electron chi connectivity index (χ3n) is 5.58. The fourth-order valence-electron chi connectivity index (χ4n) is 3.91. The van der Waals surface area contributed by atoms with Gasteiger partial charge in [0.05, 0.1) is 10.6 Å². The molecular formula is C22H27ClN4O2. The van der Waals surface area contributed by atoms with E-state index in [2.05, 4.69) is 15.3 Å². The molecule has 2 aromatic heterocycles. The quantitative estimate of drug-likeness (QED) is 0.742. The lowest BCUT2D eigenvalue weighted by Gasteiger charge is -2.26. The third-order valence-corrected chi connectivity index (χ3v) is 5.87. The number of pyridine rings is 2. The molecule has 3 heterocycles. The van der Waals surface area contributed by atoms with E-state index in [1.54, 1.807) is 18.5 Å². The molecular weight excluding hydrogens is 388 g/mol. The second kappa shape index (κ2) is 9.44. The standard InChI is InChI=1S/C22H27ClN4O2/c23-19-12-17(22(28)27-10-4-1-5-11-27)15-26-21(19)25-14-16-8-9-20(24-13-16)29-18-6-2-3-7-18/h8-9,12-13,15,18H,1-7,10-11,14H2,(H,25,26). The SMILES string of the molecule is O=C(c1cnc(NCc2ccc(OC3CCCC3)nc2)c(Cl)c1)N1CCCCC1. The molecule has 1 saturated carbocycles. The van der Waals surface area contributed by atoms with Crippen molar-refractivity contribution in [2.75, 3.05) is 18.4 Å². The molecule has 29 heavy (non-hydrogen) atoms. The van der Waals surface area contributed by atoms with Crippen molar-refractivity contribution in [1.82, 2.24) is 14.9 Å². The fourth-order valence-corrected chi connectivity index (χ4v) is 4.15. The summed E-state index contributed by atoms with van der Waals surface area (Å²) in [6.45, 7) is 2.16. The first kappa shape index (κ1) is 20.0. The van der Waals surface area contributed by atoms with Gasteiger partial charge in [-0.25, -0.2) is 9.97 Å². The lowest BCUT2D eigenvalue weighted by atomic mass is 10.1. The monoisotopic (exact) mass is 414 g/mol. The summed E-state index contributed by atoms with van der Waals surface area (Å²) in [5.74, 6) is 1.25. The van der Waals surface area contributed by atoms with Crippen LogP contribution in [0.4, 0.5) is 5.82 Å². The maximum Gasteiger partial charge on any atom is 0.255 e. The molecule has 1 aliphatic carbocycles. The van der Waals surface area contributed by atoms with Gasteiger partial charge in [-0.2, -0.15) is 0 Å². The number of carbonyl (C=O) groups is 1. The number of rotatable bonds is 6. The number of ether oxygens (including phenoxy) is 1. The van der Waals surface area contributed by atoms with Crippen LogP contribution >= 0.6 is 11.6 Å². The Balaban J connectivity index is 1.32. The Bertz CT molecular complexity index is 831. The second-order valence-corrected chi connectivity index (χ2v) is 8.20. The van der Waals surface area contributed by atoms with Gasteiger partial charge in [0.1, 0.15) is 11.9 Å². The zero-order valence-electron chi connectivity index (χ0n) is 16.6. The number of amides is 1. The van der Waals surface area contributed by atoms with E-state index in [1.807, 2.05) is 17.0 Å². The van der Waals surface area contributed by atoms with Gasteiger partial charge in [0, 0.05) is 38.1 Å². The smallest absolute Gasteiger partial charge is 0.255 e. The molecule has 0 atom stereocenters. The number of hydrogen-bond donors (Lipinski definition) is 1. The van der Waals surface area contributed by atoms with Crippen LogP contribution in [0.3, 0.4) is 0 Å². The summed E-state index contributed by atoms with van der Waals surface area (Å²) >= 11 is 6.37. The van der Waals surface area contributed by atoms with E-state index in [4.69, 9.17) is 16.3 Å². The lowest BCUT2D eigenvalue weighted by molar-refractivity contribution is 0.0724. The summed E-state index contributed by atoms with van der Waals surface area (Å²) in [4.78, 5) is 23.2. The number of aromatic nitrogens is 2. The van der Waals surface area contributed by atoms with E-state index < -0.39 is 0 Å². The minimum absolute atomic E-state index is 0.00713. The van der Waals surface area contributed by atoms with Gasteiger partial charge in [0.2, 0.25) is 5.88 Å². The Morgan fingerprint density at radius 3 is 2.59 bits per heavy atom. The molecule has 1 saturated heterocycles. The maximum absolute atomic E-state index is 12.6. The van der Waals surface area contributed by atoms with Gasteiger partial charge < -0.3 is 15.0 Å². The van der Waals surface area contributed by atoms with Crippen molar-refractivity contribution in [2.45, 2.75) is 57.6 Å². The van der Waals surface area contributed by atoms with Crippen LogP contribution in [0.15, 0.2) is 30.6 Å². The zero-order chi connectivity index (χ0) is 20.1. The minimum atomic E-state index is 0.00713. The minimum Gasteiger partial charge on any atom is -0.474 e. The molecule has 1 aliphatic heterocycles. The largest absolute Gasteiger partial charge is 0.474 e. The fraction of sp³-hybridized carbons (Fsp3) is 0.500. The van der Waals surface area contributed by atoms with Crippen LogP contribution in [0.2, 0.25) is 5.02 Å². The summed E-state index contributed by atoms with van der Waals surface area (Å²) in [6.07, 6.45) is 11.7. The highest BCUT2D eigenvalue weighted by Gasteiger charge is 2.20. The molecule has 0 radical (unpaired) electrons. The molecule has 0 unspecified atom stereocenters. The molecule has 2 aliphatic rings. The van der Waals surface area contributed by atoms with Crippen LogP contribution in [-0.4, -0.2) is 40.0 Å². The Morgan fingerprint density at radius 2 is 1.90 bits per heavy atom. The van der Waals surface area contributed by atoms with E-state index >= 15 is 0 Å². The summed E-state index contributed by atoms with van der Waals surface area (Å²) < 4.78 is 5.90. The average Bonchev–Trinajstić information content (AvgIpc) is 3.27. The molecule has 154 valence electrons. The molecule has 4 rings (SSSR count). The second-order valence-electron chi connectivity index (χ2n) is 7.79. The van der Waals surface area contributed by atoms with Crippen LogP contribution in [0.1, 0.15) is 60.9 Å². The first-order valence-corrected chi connectivity index (χ1v) is 10.9. The van der Waals surface area contributed by atoms with Crippen molar-refractivity contribution < 1.29 is 9.53 Å². The van der Waals surface area contributed by atoms with E-state index in [-0.39, 0.29) is 5.91 Å². The summed E-state index contributed by atoms with van der Waals surface area (Å²) in [7, 11) is 0. The van der Waals surface area contributed by atoms with Gasteiger partial charge in [0.15, 0.2) is 0 Å². The Kier molecular flexibility index (Phi) is 6.49. The van der Waals surface area contributed by atoms with E-state index in [0.29, 0.717) is 34.9 Å². The normalized spacial score (nSPS) is 17.3. The summed E-state index contributed by atoms with van der Waals surface area (Å²) in [6, 6.07) is 5.60. The van der Waals surface area contributed by atoms with E-state index in [1.165, 1.54) is 19.3 Å². The highest BCUT2D eigenvalue weighted by molar-refractivity contribution is 6.33. The molecule has 2 aromatic rings.